The third-order valence-electron chi connectivity index (χ3n) is 6.63. The minimum Gasteiger partial charge on any atom is -0.504 e. The van der Waals surface area contributed by atoms with Crippen LogP contribution in [0.3, 0.4) is 0 Å². The lowest BCUT2D eigenvalue weighted by Gasteiger charge is -2.27. The summed E-state index contributed by atoms with van der Waals surface area (Å²) in [5.74, 6) is -6.55. The summed E-state index contributed by atoms with van der Waals surface area (Å²) in [5, 5.41) is 22.3. The molecule has 0 amide bonds. The van der Waals surface area contributed by atoms with E-state index in [-0.39, 0.29) is 12.2 Å². The molecule has 0 bridgehead atoms. The number of hydrogen-bond acceptors (Lipinski definition) is 10. The third-order valence-corrected chi connectivity index (χ3v) is 6.63. The Morgan fingerprint density at radius 1 is 0.619 bits per heavy atom. The van der Waals surface area contributed by atoms with E-state index >= 15 is 0 Å². The van der Waals surface area contributed by atoms with Crippen molar-refractivity contribution >= 4 is 23.5 Å². The summed E-state index contributed by atoms with van der Waals surface area (Å²) in [6.45, 7) is 7.43. The quantitative estimate of drug-likeness (QED) is 0.259. The highest BCUT2D eigenvalue weighted by Gasteiger charge is 2.43. The van der Waals surface area contributed by atoms with Crippen LogP contribution in [0, 0.1) is 0 Å². The topological polar surface area (TPSA) is 146 Å². The molecule has 10 heteroatoms. The Bertz CT molecular complexity index is 1270. The van der Waals surface area contributed by atoms with Gasteiger partial charge in [-0.15, -0.1) is 0 Å². The normalized spacial score (nSPS) is 15.1. The molecule has 224 valence electrons. The summed E-state index contributed by atoms with van der Waals surface area (Å²) in [4.78, 5) is 52.0. The van der Waals surface area contributed by atoms with Gasteiger partial charge in [-0.05, 0) is 63.1 Å². The highest BCUT2D eigenvalue weighted by Crippen LogP contribution is 2.41. The number of Topliss-reactive ketones (excluding diaryl/α,β-unsaturated/α-hetero) is 2. The Labute approximate surface area is 244 Å². The lowest BCUT2D eigenvalue weighted by atomic mass is 9.76. The van der Waals surface area contributed by atoms with E-state index in [0.29, 0.717) is 22.6 Å². The van der Waals surface area contributed by atoms with Gasteiger partial charge in [0, 0.05) is 11.8 Å². The monoisotopic (exact) mass is 580 g/mol. The van der Waals surface area contributed by atoms with Gasteiger partial charge in [0.05, 0.1) is 50.4 Å². The van der Waals surface area contributed by atoms with Crippen molar-refractivity contribution in [2.24, 2.45) is 0 Å². The van der Waals surface area contributed by atoms with Crippen molar-refractivity contribution in [1.29, 1.82) is 0 Å². The lowest BCUT2D eigenvalue weighted by Crippen LogP contribution is -2.31. The van der Waals surface area contributed by atoms with Gasteiger partial charge in [0.15, 0.2) is 11.5 Å². The molecule has 2 N–H and O–H groups in total. The maximum atomic E-state index is 13.7. The maximum Gasteiger partial charge on any atom is 0.306 e. The predicted molar refractivity (Wildman–Crippen MR) is 152 cm³/mol. The first kappa shape index (κ1) is 31.9. The number of ether oxygens (including phenoxy) is 4. The van der Waals surface area contributed by atoms with Crippen LogP contribution in [0.4, 0.5) is 0 Å². The molecule has 1 aliphatic carbocycles. The van der Waals surface area contributed by atoms with Gasteiger partial charge in [0.25, 0.3) is 0 Å². The molecular formula is C32H36O10. The summed E-state index contributed by atoms with van der Waals surface area (Å²) in [5.41, 5.74) is -0.104. The Hall–Kier alpha value is -4.60. The molecule has 0 spiro atoms. The first-order chi connectivity index (χ1) is 19.9. The van der Waals surface area contributed by atoms with Crippen molar-refractivity contribution in [1.82, 2.24) is 0 Å². The second-order valence-electron chi connectivity index (χ2n) is 10.3. The van der Waals surface area contributed by atoms with Crippen molar-refractivity contribution in [2.45, 2.75) is 64.6 Å². The van der Waals surface area contributed by atoms with E-state index in [2.05, 4.69) is 0 Å². The zero-order chi connectivity index (χ0) is 31.1. The summed E-state index contributed by atoms with van der Waals surface area (Å²) in [7, 11) is 2.34. The van der Waals surface area contributed by atoms with Gasteiger partial charge < -0.3 is 29.2 Å². The number of rotatable bonds is 12. The molecule has 0 heterocycles. The number of ketones is 2. The molecule has 10 nitrogen and oxygen atoms in total. The molecule has 0 radical (unpaired) electrons. The van der Waals surface area contributed by atoms with Crippen molar-refractivity contribution in [3.63, 3.8) is 0 Å². The van der Waals surface area contributed by atoms with E-state index in [1.165, 1.54) is 14.2 Å². The minimum absolute atomic E-state index is 0.0941. The SMILES string of the molecule is COC(=O)CC(C1=C(O)C(=O)C(C(CC(=O)OC)c2ccc(OC(C)C)cc2)=C(O)C1=O)c1ccc(OC(C)C)cc1. The number of aliphatic hydroxyl groups is 2. The Kier molecular flexibility index (Phi) is 10.5. The first-order valence-corrected chi connectivity index (χ1v) is 13.5. The molecule has 0 saturated carbocycles. The second kappa shape index (κ2) is 13.8. The predicted octanol–water partition coefficient (Wildman–Crippen LogP) is 5.03. The summed E-state index contributed by atoms with van der Waals surface area (Å²) in [6, 6.07) is 12.9. The smallest absolute Gasteiger partial charge is 0.306 e. The van der Waals surface area contributed by atoms with Crippen LogP contribution < -0.4 is 9.47 Å². The molecule has 2 unspecified atom stereocenters. The van der Waals surface area contributed by atoms with Crippen molar-refractivity contribution in [2.75, 3.05) is 14.2 Å². The molecule has 42 heavy (non-hydrogen) atoms. The highest BCUT2D eigenvalue weighted by atomic mass is 16.5. The first-order valence-electron chi connectivity index (χ1n) is 13.5. The summed E-state index contributed by atoms with van der Waals surface area (Å²) in [6.07, 6.45) is -0.984. The number of carbonyl (C=O) groups is 4. The van der Waals surface area contributed by atoms with Gasteiger partial charge >= 0.3 is 11.9 Å². The number of benzene rings is 2. The maximum absolute atomic E-state index is 13.7. The minimum atomic E-state index is -1.13. The van der Waals surface area contributed by atoms with Gasteiger partial charge in [-0.3, -0.25) is 19.2 Å². The van der Waals surface area contributed by atoms with Crippen LogP contribution in [0.1, 0.15) is 63.5 Å². The van der Waals surface area contributed by atoms with Gasteiger partial charge in [0.2, 0.25) is 11.6 Å². The average Bonchev–Trinajstić information content (AvgIpc) is 2.95. The second-order valence-corrected chi connectivity index (χ2v) is 10.3. The van der Waals surface area contributed by atoms with Gasteiger partial charge in [-0.1, -0.05) is 24.3 Å². The number of aliphatic hydroxyl groups excluding tert-OH is 2. The van der Waals surface area contributed by atoms with Crippen LogP contribution in [-0.4, -0.2) is 60.1 Å². The van der Waals surface area contributed by atoms with Crippen LogP contribution in [0.5, 0.6) is 11.5 Å². The van der Waals surface area contributed by atoms with Gasteiger partial charge in [-0.2, -0.15) is 0 Å². The molecule has 2 aromatic rings. The zero-order valence-corrected chi connectivity index (χ0v) is 24.5. The van der Waals surface area contributed by atoms with Crippen LogP contribution >= 0.6 is 0 Å². The Balaban J connectivity index is 2.09. The average molecular weight is 581 g/mol. The summed E-state index contributed by atoms with van der Waals surface area (Å²) >= 11 is 0. The van der Waals surface area contributed by atoms with Crippen LogP contribution in [0.2, 0.25) is 0 Å². The standard InChI is InChI=1S/C32H36O10/c1-17(2)41-21-11-7-19(8-12-21)23(15-25(33)39-5)27-29(35)31(37)28(32(38)30(27)36)24(16-26(34)40-6)20-9-13-22(14-10-20)42-18(3)4/h7-14,17-18,23-24,35,38H,15-16H2,1-6H3. The zero-order valence-electron chi connectivity index (χ0n) is 24.5. The van der Waals surface area contributed by atoms with E-state index in [1.54, 1.807) is 48.5 Å². The number of methoxy groups -OCH3 is 2. The number of esters is 2. The van der Waals surface area contributed by atoms with Crippen molar-refractivity contribution in [3.05, 3.63) is 82.3 Å². The molecule has 2 atom stereocenters. The summed E-state index contributed by atoms with van der Waals surface area (Å²) < 4.78 is 20.9. The fourth-order valence-corrected chi connectivity index (χ4v) is 4.74. The number of hydrogen-bond donors (Lipinski definition) is 2. The van der Waals surface area contributed by atoms with Crippen LogP contribution in [0.25, 0.3) is 0 Å². The molecule has 2 aromatic carbocycles. The molecule has 0 fully saturated rings. The van der Waals surface area contributed by atoms with E-state index in [1.807, 2.05) is 27.7 Å². The Morgan fingerprint density at radius 2 is 0.929 bits per heavy atom. The highest BCUT2D eigenvalue weighted by molar-refractivity contribution is 6.24. The van der Waals surface area contributed by atoms with E-state index in [4.69, 9.17) is 18.9 Å². The van der Waals surface area contributed by atoms with E-state index in [9.17, 15) is 29.4 Å². The molecule has 0 aliphatic heterocycles. The van der Waals surface area contributed by atoms with Gasteiger partial charge in [0.1, 0.15) is 11.5 Å². The largest absolute Gasteiger partial charge is 0.504 e. The molecule has 0 aromatic heterocycles. The van der Waals surface area contributed by atoms with Gasteiger partial charge in [-0.25, -0.2) is 0 Å². The van der Waals surface area contributed by atoms with Crippen LogP contribution in [0.15, 0.2) is 71.2 Å². The lowest BCUT2D eigenvalue weighted by molar-refractivity contribution is -0.142. The van der Waals surface area contributed by atoms with Crippen molar-refractivity contribution < 1.29 is 48.3 Å². The van der Waals surface area contributed by atoms with E-state index < -0.39 is 70.8 Å². The van der Waals surface area contributed by atoms with Crippen molar-refractivity contribution in [3.8, 4) is 11.5 Å². The third kappa shape index (κ3) is 7.37. The van der Waals surface area contributed by atoms with Crippen LogP contribution in [-0.2, 0) is 28.7 Å². The molecular weight excluding hydrogens is 544 g/mol. The molecule has 1 aliphatic rings. The fraction of sp³-hybridized carbons (Fsp3) is 0.375. The number of allylic oxidation sites excluding steroid dienone is 2. The van der Waals surface area contributed by atoms with E-state index in [0.717, 1.165) is 0 Å². The molecule has 3 rings (SSSR count). The molecule has 0 saturated heterocycles. The fourth-order valence-electron chi connectivity index (χ4n) is 4.74. The Morgan fingerprint density at radius 3 is 1.19 bits per heavy atom. The number of carbonyl (C=O) groups excluding carboxylic acids is 4.